The monoisotopic (exact) mass is 336 g/mol. The summed E-state index contributed by atoms with van der Waals surface area (Å²) in [5.74, 6) is -0.401. The van der Waals surface area contributed by atoms with Crippen LogP contribution in [0.25, 0.3) is 0 Å². The zero-order chi connectivity index (χ0) is 17.6. The molecule has 2 amide bonds. The number of hydrogen-bond donors (Lipinski definition) is 2. The van der Waals surface area contributed by atoms with Crippen molar-refractivity contribution in [3.05, 3.63) is 53.6 Å². The fourth-order valence-corrected chi connectivity index (χ4v) is 3.87. The molecule has 0 saturated carbocycles. The fraction of sp³-hybridized carbons (Fsp3) is 0.300. The number of amides is 2. The average Bonchev–Trinajstić information content (AvgIpc) is 2.61. The number of carbonyl (C=O) groups is 2. The number of phenolic OH excluding ortho intramolecular Hbond substituents is 1. The molecule has 2 N–H and O–H groups in total. The van der Waals surface area contributed by atoms with Gasteiger partial charge in [0.1, 0.15) is 5.75 Å². The predicted octanol–water partition coefficient (Wildman–Crippen LogP) is 3.36. The van der Waals surface area contributed by atoms with E-state index in [1.54, 1.807) is 11.0 Å². The molecule has 0 bridgehead atoms. The lowest BCUT2D eigenvalue weighted by molar-refractivity contribution is -0.124. The topological polar surface area (TPSA) is 69.6 Å². The first kappa shape index (κ1) is 15.7. The first-order chi connectivity index (χ1) is 12.1. The Hall–Kier alpha value is -2.82. The molecular weight excluding hydrogens is 316 g/mol. The number of nitrogens with zero attached hydrogens (tertiary/aromatic N) is 1. The van der Waals surface area contributed by atoms with E-state index in [-0.39, 0.29) is 29.9 Å². The third-order valence-electron chi connectivity index (χ3n) is 5.20. The van der Waals surface area contributed by atoms with E-state index >= 15 is 0 Å². The van der Waals surface area contributed by atoms with Gasteiger partial charge in [0.05, 0.1) is 11.6 Å². The van der Waals surface area contributed by atoms with Crippen molar-refractivity contribution in [2.24, 2.45) is 0 Å². The Kier molecular flexibility index (Phi) is 3.71. The van der Waals surface area contributed by atoms with Gasteiger partial charge in [0.2, 0.25) is 11.8 Å². The lowest BCUT2D eigenvalue weighted by Gasteiger charge is -2.36. The van der Waals surface area contributed by atoms with E-state index in [1.165, 1.54) is 0 Å². The summed E-state index contributed by atoms with van der Waals surface area (Å²) in [6.45, 7) is 2.65. The van der Waals surface area contributed by atoms with Gasteiger partial charge in [-0.05, 0) is 35.6 Å². The molecule has 2 aliphatic rings. The van der Waals surface area contributed by atoms with E-state index in [4.69, 9.17) is 0 Å². The third-order valence-corrected chi connectivity index (χ3v) is 5.20. The molecule has 2 aromatic carbocycles. The van der Waals surface area contributed by atoms with Crippen LogP contribution in [-0.2, 0) is 9.59 Å². The van der Waals surface area contributed by atoms with Crippen molar-refractivity contribution in [3.63, 3.8) is 0 Å². The third kappa shape index (κ3) is 2.56. The lowest BCUT2D eigenvalue weighted by Crippen LogP contribution is -2.41. The van der Waals surface area contributed by atoms with E-state index in [9.17, 15) is 14.7 Å². The predicted molar refractivity (Wildman–Crippen MR) is 95.9 cm³/mol. The summed E-state index contributed by atoms with van der Waals surface area (Å²) >= 11 is 0. The molecule has 2 aromatic rings. The van der Waals surface area contributed by atoms with Crippen LogP contribution in [0.15, 0.2) is 42.5 Å². The molecule has 2 aliphatic heterocycles. The highest BCUT2D eigenvalue weighted by Crippen LogP contribution is 2.43. The standard InChI is InChI=1S/C20H20N2O3/c1-12-9-10-22(19-13(12)6-4-8-17(19)23)20(25)15-11-18(24)21-16-7-3-2-5-14(15)16/h2-8,12,15,23H,9-11H2,1H3,(H,21,24). The van der Waals surface area contributed by atoms with Gasteiger partial charge in [0.15, 0.2) is 0 Å². The molecule has 5 heteroatoms. The summed E-state index contributed by atoms with van der Waals surface area (Å²) in [6, 6.07) is 12.8. The van der Waals surface area contributed by atoms with Gasteiger partial charge in [-0.25, -0.2) is 0 Å². The zero-order valence-corrected chi connectivity index (χ0v) is 14.0. The number of fused-ring (bicyclic) bond motifs is 2. The Bertz CT molecular complexity index is 862. The van der Waals surface area contributed by atoms with Crippen molar-refractivity contribution < 1.29 is 14.7 Å². The average molecular weight is 336 g/mol. The van der Waals surface area contributed by atoms with Gasteiger partial charge in [-0.15, -0.1) is 0 Å². The van der Waals surface area contributed by atoms with Gasteiger partial charge in [0.25, 0.3) is 0 Å². The molecule has 0 fully saturated rings. The minimum Gasteiger partial charge on any atom is -0.506 e. The van der Waals surface area contributed by atoms with Gasteiger partial charge in [-0.2, -0.15) is 0 Å². The lowest BCUT2D eigenvalue weighted by atomic mass is 9.86. The minimum atomic E-state index is -0.522. The number of hydrogen-bond acceptors (Lipinski definition) is 3. The van der Waals surface area contributed by atoms with Crippen molar-refractivity contribution >= 4 is 23.2 Å². The van der Waals surface area contributed by atoms with Gasteiger partial charge in [0, 0.05) is 18.7 Å². The summed E-state index contributed by atoms with van der Waals surface area (Å²) in [6.07, 6.45) is 0.966. The molecule has 0 spiro atoms. The highest BCUT2D eigenvalue weighted by Gasteiger charge is 2.37. The quantitative estimate of drug-likeness (QED) is 0.839. The van der Waals surface area contributed by atoms with Crippen LogP contribution in [0.3, 0.4) is 0 Å². The molecule has 5 nitrogen and oxygen atoms in total. The van der Waals surface area contributed by atoms with Crippen molar-refractivity contribution in [2.75, 3.05) is 16.8 Å². The molecular formula is C20H20N2O3. The number of anilines is 2. The van der Waals surface area contributed by atoms with Crippen LogP contribution in [0.5, 0.6) is 5.75 Å². The highest BCUT2D eigenvalue weighted by atomic mass is 16.3. The number of phenols is 1. The van der Waals surface area contributed by atoms with E-state index in [0.717, 1.165) is 17.5 Å². The molecule has 0 saturated heterocycles. The van der Waals surface area contributed by atoms with Crippen LogP contribution in [0, 0.1) is 0 Å². The number of para-hydroxylation sites is 2. The minimum absolute atomic E-state index is 0.117. The summed E-state index contributed by atoms with van der Waals surface area (Å²) in [5, 5.41) is 13.2. The maximum Gasteiger partial charge on any atom is 0.235 e. The number of benzene rings is 2. The molecule has 0 aromatic heterocycles. The number of aromatic hydroxyl groups is 1. The number of nitrogens with one attached hydrogen (secondary N) is 1. The Labute approximate surface area is 146 Å². The first-order valence-electron chi connectivity index (χ1n) is 8.58. The fourth-order valence-electron chi connectivity index (χ4n) is 3.87. The van der Waals surface area contributed by atoms with Crippen LogP contribution in [0.4, 0.5) is 11.4 Å². The first-order valence-corrected chi connectivity index (χ1v) is 8.58. The zero-order valence-electron chi connectivity index (χ0n) is 14.0. The highest BCUT2D eigenvalue weighted by molar-refractivity contribution is 6.07. The van der Waals surface area contributed by atoms with E-state index in [0.29, 0.717) is 17.9 Å². The molecule has 2 atom stereocenters. The Morgan fingerprint density at radius 3 is 2.76 bits per heavy atom. The molecule has 4 rings (SSSR count). The molecule has 25 heavy (non-hydrogen) atoms. The second kappa shape index (κ2) is 5.92. The summed E-state index contributed by atoms with van der Waals surface area (Å²) in [5.41, 5.74) is 3.10. The van der Waals surface area contributed by atoms with Crippen molar-refractivity contribution in [1.82, 2.24) is 0 Å². The molecule has 0 radical (unpaired) electrons. The van der Waals surface area contributed by atoms with Crippen molar-refractivity contribution in [2.45, 2.75) is 31.6 Å². The Balaban J connectivity index is 1.76. The largest absolute Gasteiger partial charge is 0.506 e. The molecule has 128 valence electrons. The number of rotatable bonds is 1. The van der Waals surface area contributed by atoms with Crippen LogP contribution in [0.2, 0.25) is 0 Å². The molecule has 2 unspecified atom stereocenters. The van der Waals surface area contributed by atoms with Crippen LogP contribution < -0.4 is 10.2 Å². The van der Waals surface area contributed by atoms with E-state index in [1.807, 2.05) is 36.4 Å². The van der Waals surface area contributed by atoms with Crippen LogP contribution in [-0.4, -0.2) is 23.5 Å². The summed E-state index contributed by atoms with van der Waals surface area (Å²) in [7, 11) is 0. The van der Waals surface area contributed by atoms with Crippen molar-refractivity contribution in [1.29, 1.82) is 0 Å². The Morgan fingerprint density at radius 1 is 1.16 bits per heavy atom. The molecule has 0 aliphatic carbocycles. The number of carbonyl (C=O) groups excluding carboxylic acids is 2. The van der Waals surface area contributed by atoms with Gasteiger partial charge in [-0.3, -0.25) is 9.59 Å². The SMILES string of the molecule is CC1CCN(C(=O)C2CC(=O)Nc3ccccc32)c2c(O)cccc21. The van der Waals surface area contributed by atoms with E-state index < -0.39 is 5.92 Å². The van der Waals surface area contributed by atoms with Gasteiger partial charge < -0.3 is 15.3 Å². The van der Waals surface area contributed by atoms with Crippen molar-refractivity contribution in [3.8, 4) is 5.75 Å². The summed E-state index contributed by atoms with van der Waals surface area (Å²) < 4.78 is 0. The maximum atomic E-state index is 13.3. The van der Waals surface area contributed by atoms with Crippen LogP contribution in [0.1, 0.15) is 42.7 Å². The maximum absolute atomic E-state index is 13.3. The molecule has 2 heterocycles. The second-order valence-corrected chi connectivity index (χ2v) is 6.79. The normalized spacial score (nSPS) is 22.0. The Morgan fingerprint density at radius 2 is 1.92 bits per heavy atom. The van der Waals surface area contributed by atoms with Crippen LogP contribution >= 0.6 is 0 Å². The summed E-state index contributed by atoms with van der Waals surface area (Å²) in [4.78, 5) is 27.0. The van der Waals surface area contributed by atoms with E-state index in [2.05, 4.69) is 12.2 Å². The second-order valence-electron chi connectivity index (χ2n) is 6.79. The smallest absolute Gasteiger partial charge is 0.235 e. The van der Waals surface area contributed by atoms with Gasteiger partial charge >= 0.3 is 0 Å². The van der Waals surface area contributed by atoms with Gasteiger partial charge in [-0.1, -0.05) is 37.3 Å².